The summed E-state index contributed by atoms with van der Waals surface area (Å²) < 4.78 is 50.5. The Morgan fingerprint density at radius 2 is 1.52 bits per heavy atom. The Hall–Kier alpha value is -2.43. The number of nitrogens with zero attached hydrogens (tertiary/aromatic N) is 2. The van der Waals surface area contributed by atoms with Crippen LogP contribution in [0.15, 0.2) is 59.5 Å². The number of carbonyl (C=O) groups excluding carboxylic acids is 1. The minimum absolute atomic E-state index is 0.187. The van der Waals surface area contributed by atoms with Crippen molar-refractivity contribution in [1.82, 2.24) is 9.62 Å². The molecule has 1 amide bonds. The fourth-order valence-electron chi connectivity index (χ4n) is 2.60. The second-order valence-corrected chi connectivity index (χ2v) is 10.8. The Bertz CT molecular complexity index is 1050. The first-order valence-corrected chi connectivity index (χ1v) is 12.1. The topological polar surface area (TPSA) is 104 Å². The lowest BCUT2D eigenvalue weighted by Crippen LogP contribution is -2.46. The number of benzene rings is 2. The van der Waals surface area contributed by atoms with Crippen LogP contribution in [-0.2, 0) is 24.8 Å². The molecule has 1 atom stereocenters. The molecule has 1 N–H and O–H groups in total. The molecule has 8 nitrogen and oxygen atoms in total. The quantitative estimate of drug-likeness (QED) is 0.673. The molecule has 0 saturated carbocycles. The number of para-hydroxylation sites is 1. The van der Waals surface area contributed by atoms with E-state index in [1.54, 1.807) is 49.4 Å². The van der Waals surface area contributed by atoms with Gasteiger partial charge in [0.1, 0.15) is 6.54 Å². The summed E-state index contributed by atoms with van der Waals surface area (Å²) in [5.74, 6) is -0.487. The van der Waals surface area contributed by atoms with Crippen molar-refractivity contribution < 1.29 is 21.6 Å². The summed E-state index contributed by atoms with van der Waals surface area (Å²) in [4.78, 5) is 12.8. The van der Waals surface area contributed by atoms with Gasteiger partial charge in [-0.05, 0) is 36.8 Å². The number of hydrogen-bond donors (Lipinski definition) is 1. The van der Waals surface area contributed by atoms with E-state index in [0.29, 0.717) is 11.3 Å². The zero-order valence-electron chi connectivity index (χ0n) is 16.7. The highest BCUT2D eigenvalue weighted by molar-refractivity contribution is 7.90. The van der Waals surface area contributed by atoms with E-state index in [1.165, 1.54) is 26.2 Å². The van der Waals surface area contributed by atoms with E-state index in [1.807, 2.05) is 0 Å². The summed E-state index contributed by atoms with van der Waals surface area (Å²) in [7, 11) is -4.38. The first-order valence-electron chi connectivity index (χ1n) is 8.77. The Kier molecular flexibility index (Phi) is 7.04. The number of anilines is 1. The second kappa shape index (κ2) is 8.93. The van der Waals surface area contributed by atoms with Crippen molar-refractivity contribution in [3.05, 3.63) is 60.2 Å². The van der Waals surface area contributed by atoms with Gasteiger partial charge in [-0.15, -0.1) is 0 Å². The fraction of sp³-hybridized carbons (Fsp3) is 0.316. The number of sulfone groups is 1. The molecule has 2 rings (SSSR count). The van der Waals surface area contributed by atoms with Crippen LogP contribution < -0.4 is 9.62 Å². The third-order valence-corrected chi connectivity index (χ3v) is 7.21. The Morgan fingerprint density at radius 1 is 0.966 bits per heavy atom. The van der Waals surface area contributed by atoms with Gasteiger partial charge >= 0.3 is 10.2 Å². The molecule has 0 heterocycles. The van der Waals surface area contributed by atoms with Crippen LogP contribution in [-0.4, -0.2) is 53.9 Å². The molecule has 0 fully saturated rings. The molecular formula is C19H25N3O5S2. The van der Waals surface area contributed by atoms with E-state index >= 15 is 0 Å². The number of nitrogens with one attached hydrogen (secondary N) is 1. The van der Waals surface area contributed by atoms with Crippen LogP contribution in [0, 0.1) is 0 Å². The van der Waals surface area contributed by atoms with Gasteiger partial charge in [0.05, 0.1) is 16.6 Å². The van der Waals surface area contributed by atoms with Gasteiger partial charge in [-0.25, -0.2) is 12.7 Å². The van der Waals surface area contributed by atoms with Crippen LogP contribution >= 0.6 is 0 Å². The standard InChI is InChI=1S/C19H25N3O5S2/c1-15(16-10-12-18(13-11-16)28(4,24)25)20-19(23)14-22(29(26,27)21(2)3)17-8-6-5-7-9-17/h5-13,15H,14H2,1-4H3,(H,20,23)/t15-/m1/s1. The number of rotatable bonds is 8. The van der Waals surface area contributed by atoms with Gasteiger partial charge < -0.3 is 5.32 Å². The van der Waals surface area contributed by atoms with Crippen molar-refractivity contribution >= 4 is 31.6 Å². The van der Waals surface area contributed by atoms with Crippen molar-refractivity contribution in [2.24, 2.45) is 0 Å². The minimum atomic E-state index is -3.87. The molecule has 0 saturated heterocycles. The van der Waals surface area contributed by atoms with Gasteiger partial charge in [0.25, 0.3) is 0 Å². The molecular weight excluding hydrogens is 414 g/mol. The van der Waals surface area contributed by atoms with Crippen LogP contribution in [0.2, 0.25) is 0 Å². The van der Waals surface area contributed by atoms with E-state index in [9.17, 15) is 21.6 Å². The average Bonchev–Trinajstić information content (AvgIpc) is 2.66. The highest BCUT2D eigenvalue weighted by Gasteiger charge is 2.27. The van der Waals surface area contributed by atoms with E-state index in [-0.39, 0.29) is 4.90 Å². The van der Waals surface area contributed by atoms with Gasteiger partial charge in [-0.3, -0.25) is 4.79 Å². The lowest BCUT2D eigenvalue weighted by Gasteiger charge is -2.27. The first-order chi connectivity index (χ1) is 13.4. The highest BCUT2D eigenvalue weighted by atomic mass is 32.2. The first kappa shape index (κ1) is 22.9. The lowest BCUT2D eigenvalue weighted by molar-refractivity contribution is -0.120. The maximum absolute atomic E-state index is 12.7. The summed E-state index contributed by atoms with van der Waals surface area (Å²) in [6.45, 7) is 1.34. The number of hydrogen-bond acceptors (Lipinski definition) is 5. The van der Waals surface area contributed by atoms with Crippen LogP contribution in [0.25, 0.3) is 0 Å². The van der Waals surface area contributed by atoms with Gasteiger partial charge in [0.15, 0.2) is 9.84 Å². The van der Waals surface area contributed by atoms with E-state index in [2.05, 4.69) is 5.32 Å². The van der Waals surface area contributed by atoms with Crippen molar-refractivity contribution in [2.75, 3.05) is 31.2 Å². The average molecular weight is 440 g/mol. The van der Waals surface area contributed by atoms with E-state index in [0.717, 1.165) is 14.9 Å². The summed E-state index contributed by atoms with van der Waals surface area (Å²) in [5.41, 5.74) is 1.08. The minimum Gasteiger partial charge on any atom is -0.348 e. The molecule has 0 unspecified atom stereocenters. The molecule has 0 aliphatic carbocycles. The van der Waals surface area contributed by atoms with Crippen LogP contribution in [0.3, 0.4) is 0 Å². The normalized spacial score (nSPS) is 13.1. The molecule has 0 radical (unpaired) electrons. The summed E-state index contributed by atoms with van der Waals surface area (Å²) in [6, 6.07) is 14.1. The summed E-state index contributed by atoms with van der Waals surface area (Å²) in [6.07, 6.45) is 1.12. The second-order valence-electron chi connectivity index (χ2n) is 6.76. The van der Waals surface area contributed by atoms with Crippen LogP contribution in [0.5, 0.6) is 0 Å². The van der Waals surface area contributed by atoms with Crippen molar-refractivity contribution in [2.45, 2.75) is 17.9 Å². The molecule has 0 spiro atoms. The molecule has 0 bridgehead atoms. The largest absolute Gasteiger partial charge is 0.348 e. The highest BCUT2D eigenvalue weighted by Crippen LogP contribution is 2.20. The smallest absolute Gasteiger partial charge is 0.304 e. The summed E-state index contributed by atoms with van der Waals surface area (Å²) in [5, 5.41) is 2.75. The number of carbonyl (C=O) groups is 1. The third-order valence-electron chi connectivity index (χ3n) is 4.26. The predicted molar refractivity (Wildman–Crippen MR) is 113 cm³/mol. The molecule has 0 aliphatic rings. The van der Waals surface area contributed by atoms with E-state index < -0.39 is 38.5 Å². The molecule has 2 aromatic rings. The molecule has 10 heteroatoms. The Morgan fingerprint density at radius 3 is 2.00 bits per heavy atom. The van der Waals surface area contributed by atoms with Gasteiger partial charge in [0.2, 0.25) is 5.91 Å². The van der Waals surface area contributed by atoms with Gasteiger partial charge in [-0.2, -0.15) is 12.7 Å². The maximum Gasteiger partial charge on any atom is 0.304 e. The monoisotopic (exact) mass is 439 g/mol. The predicted octanol–water partition coefficient (Wildman–Crippen LogP) is 1.58. The zero-order chi connectivity index (χ0) is 21.8. The van der Waals surface area contributed by atoms with Crippen molar-refractivity contribution in [1.29, 1.82) is 0 Å². The van der Waals surface area contributed by atoms with Crippen molar-refractivity contribution in [3.63, 3.8) is 0 Å². The third kappa shape index (κ3) is 5.78. The molecule has 2 aromatic carbocycles. The SMILES string of the molecule is C[C@@H](NC(=O)CN(c1ccccc1)S(=O)(=O)N(C)C)c1ccc(S(C)(=O)=O)cc1. The molecule has 158 valence electrons. The van der Waals surface area contributed by atoms with Crippen LogP contribution in [0.4, 0.5) is 5.69 Å². The van der Waals surface area contributed by atoms with E-state index in [4.69, 9.17) is 0 Å². The number of amides is 1. The zero-order valence-corrected chi connectivity index (χ0v) is 18.4. The van der Waals surface area contributed by atoms with Crippen LogP contribution in [0.1, 0.15) is 18.5 Å². The molecule has 29 heavy (non-hydrogen) atoms. The Balaban J connectivity index is 2.18. The maximum atomic E-state index is 12.7. The fourth-order valence-corrected chi connectivity index (χ4v) is 4.30. The van der Waals surface area contributed by atoms with Crippen molar-refractivity contribution in [3.8, 4) is 0 Å². The van der Waals surface area contributed by atoms with Gasteiger partial charge in [-0.1, -0.05) is 30.3 Å². The molecule has 0 aromatic heterocycles. The lowest BCUT2D eigenvalue weighted by atomic mass is 10.1. The Labute approximate surface area is 172 Å². The molecule has 0 aliphatic heterocycles. The van der Waals surface area contributed by atoms with Gasteiger partial charge in [0, 0.05) is 20.4 Å². The summed E-state index contributed by atoms with van der Waals surface area (Å²) >= 11 is 0.